The molecule has 5 fully saturated rings. The maximum absolute atomic E-state index is 13.7. The standard InChI is InChI=1S/C58H81N9O8/c1-64-53(69)36-51(55(64)44-8-3-24-59-37-44)57(72)61-26-33-75-50-21-19-49(20-22-50)74-32-5-10-52(68)62-46-17-13-42(14-18-46)58(73)67-30-28-66(29-31-67)48-9-2-6-43(34-48)45(35-54(70)71)39-65-27-23-40(38-65)11-15-47-16-12-41-7-4-25-60-56(41)63-47/h2-3,6,8-9,12,16,24,34,37,40,42,45-46,49-51,55H,4-5,7,10-11,13-15,17-23,25-33,35-36,38-39H2,1H3,(H,60,63)(H,61,72)(H,62,68)(H,70,71)/t40-,42?,45-,46?,49?,50?,51+,55-/m1/s1. The minimum Gasteiger partial charge on any atom is -0.481 e. The van der Waals surface area contributed by atoms with Crippen molar-refractivity contribution in [2.75, 3.05) is 89.4 Å². The van der Waals surface area contributed by atoms with Gasteiger partial charge in [-0.15, -0.1) is 0 Å². The van der Waals surface area contributed by atoms with Crippen molar-refractivity contribution in [3.63, 3.8) is 0 Å². The highest BCUT2D eigenvalue weighted by molar-refractivity contribution is 5.90. The molecular weight excluding hydrogens is 951 g/mol. The molecule has 3 saturated heterocycles. The van der Waals surface area contributed by atoms with Crippen molar-refractivity contribution >= 4 is 41.1 Å². The van der Waals surface area contributed by atoms with Gasteiger partial charge in [0.2, 0.25) is 23.6 Å². The van der Waals surface area contributed by atoms with E-state index >= 15 is 0 Å². The Balaban J connectivity index is 0.615. The maximum Gasteiger partial charge on any atom is 0.304 e. The van der Waals surface area contributed by atoms with Crippen LogP contribution in [0.5, 0.6) is 0 Å². The minimum atomic E-state index is -0.777. The van der Waals surface area contributed by atoms with Crippen LogP contribution in [0, 0.1) is 17.8 Å². The Labute approximate surface area is 443 Å². The SMILES string of the molecule is CN1C(=O)C[C@H](C(=O)NCCOC2CCC(OCCCC(=O)NC3CCC(C(=O)N4CCN(c5cccc([C@H](CC(=O)O)CN6CC[C@@H](CCc7ccc8c(n7)NCCC8)C6)c5)CC4)CC3)CC2)[C@H]1c1cccnc1. The summed E-state index contributed by atoms with van der Waals surface area (Å²) in [7, 11) is 1.74. The van der Waals surface area contributed by atoms with Crippen molar-refractivity contribution < 1.29 is 38.6 Å². The van der Waals surface area contributed by atoms with Crippen molar-refractivity contribution in [1.29, 1.82) is 0 Å². The van der Waals surface area contributed by atoms with Crippen molar-refractivity contribution in [1.82, 2.24) is 35.3 Å². The van der Waals surface area contributed by atoms with Crippen molar-refractivity contribution in [3.8, 4) is 0 Å². The summed E-state index contributed by atoms with van der Waals surface area (Å²) in [5.74, 6) is 0.330. The Hall–Kier alpha value is -5.65. The van der Waals surface area contributed by atoms with E-state index < -0.39 is 11.9 Å². The van der Waals surface area contributed by atoms with E-state index in [2.05, 4.69) is 67.1 Å². The van der Waals surface area contributed by atoms with Crippen LogP contribution in [-0.2, 0) is 46.3 Å². The van der Waals surface area contributed by atoms with E-state index in [4.69, 9.17) is 14.5 Å². The third-order valence-electron chi connectivity index (χ3n) is 17.0. The normalized spacial score (nSPS) is 25.6. The maximum atomic E-state index is 13.7. The summed E-state index contributed by atoms with van der Waals surface area (Å²) in [6.07, 6.45) is 17.1. The molecule has 6 heterocycles. The summed E-state index contributed by atoms with van der Waals surface area (Å²) in [5.41, 5.74) is 5.46. The number of nitrogens with zero attached hydrogens (tertiary/aromatic N) is 6. The van der Waals surface area contributed by atoms with Crippen LogP contribution in [0.3, 0.4) is 0 Å². The molecule has 0 unspecified atom stereocenters. The van der Waals surface area contributed by atoms with Gasteiger partial charge in [0.25, 0.3) is 0 Å². The number of aromatic nitrogens is 2. The highest BCUT2D eigenvalue weighted by atomic mass is 16.5. The van der Waals surface area contributed by atoms with Crippen LogP contribution in [0.15, 0.2) is 60.9 Å². The van der Waals surface area contributed by atoms with Crippen LogP contribution in [0.2, 0.25) is 0 Å². The molecule has 2 saturated carbocycles. The van der Waals surface area contributed by atoms with Crippen LogP contribution in [0.1, 0.15) is 131 Å². The number of hydrogen-bond acceptors (Lipinski definition) is 12. The van der Waals surface area contributed by atoms with E-state index in [0.717, 1.165) is 151 Å². The van der Waals surface area contributed by atoms with E-state index in [0.29, 0.717) is 51.6 Å². The lowest BCUT2D eigenvalue weighted by Crippen LogP contribution is -2.51. The third-order valence-corrected chi connectivity index (χ3v) is 17.0. The number of benzene rings is 1. The van der Waals surface area contributed by atoms with E-state index in [1.54, 1.807) is 24.3 Å². The number of rotatable bonds is 22. The zero-order chi connectivity index (χ0) is 52.1. The lowest BCUT2D eigenvalue weighted by Gasteiger charge is -2.39. The predicted octanol–water partition coefficient (Wildman–Crippen LogP) is 6.13. The first kappa shape index (κ1) is 54.2. The van der Waals surface area contributed by atoms with Gasteiger partial charge in [-0.3, -0.25) is 29.0 Å². The number of amides is 4. The first-order valence-electron chi connectivity index (χ1n) is 28.3. The summed E-state index contributed by atoms with van der Waals surface area (Å²) in [5, 5.41) is 19.6. The Morgan fingerprint density at radius 2 is 1.68 bits per heavy atom. The van der Waals surface area contributed by atoms with Crippen LogP contribution in [-0.4, -0.2) is 157 Å². The van der Waals surface area contributed by atoms with Crippen LogP contribution >= 0.6 is 0 Å². The Morgan fingerprint density at radius 3 is 2.44 bits per heavy atom. The number of hydrogen-bond donors (Lipinski definition) is 4. The summed E-state index contributed by atoms with van der Waals surface area (Å²) in [6, 6.07) is 16.3. The first-order chi connectivity index (χ1) is 36.5. The number of aliphatic carboxylic acids is 1. The monoisotopic (exact) mass is 1030 g/mol. The zero-order valence-corrected chi connectivity index (χ0v) is 44.2. The topological polar surface area (TPSA) is 199 Å². The molecule has 406 valence electrons. The average molecular weight is 1030 g/mol. The quantitative estimate of drug-likeness (QED) is 0.0840. The van der Waals surface area contributed by atoms with Gasteiger partial charge in [0.15, 0.2) is 0 Å². The molecular formula is C58H81N9O8. The second kappa shape index (κ2) is 26.4. The van der Waals surface area contributed by atoms with Gasteiger partial charge in [-0.1, -0.05) is 24.3 Å². The van der Waals surface area contributed by atoms with Gasteiger partial charge in [0.1, 0.15) is 5.82 Å². The largest absolute Gasteiger partial charge is 0.481 e. The molecule has 17 heteroatoms. The lowest BCUT2D eigenvalue weighted by atomic mass is 9.85. The number of piperazine rings is 1. The lowest BCUT2D eigenvalue weighted by molar-refractivity contribution is -0.138. The number of carboxylic acids is 1. The number of nitrogens with one attached hydrogen (secondary N) is 3. The smallest absolute Gasteiger partial charge is 0.304 e. The van der Waals surface area contributed by atoms with E-state index in [-0.39, 0.29) is 72.6 Å². The molecule has 17 nitrogen and oxygen atoms in total. The molecule has 1 aromatic carbocycles. The molecule has 6 aliphatic rings. The minimum absolute atomic E-state index is 0.0223. The number of ether oxygens (including phenoxy) is 2. The number of pyridine rings is 2. The molecule has 2 aromatic heterocycles. The summed E-state index contributed by atoms with van der Waals surface area (Å²) >= 11 is 0. The Kier molecular flexibility index (Phi) is 19.1. The number of anilines is 2. The summed E-state index contributed by atoms with van der Waals surface area (Å²) in [6.45, 7) is 7.79. The average Bonchev–Trinajstić information content (AvgIpc) is 4.02. The van der Waals surface area contributed by atoms with Gasteiger partial charge in [0, 0.05) is 121 Å². The van der Waals surface area contributed by atoms with Gasteiger partial charge >= 0.3 is 5.97 Å². The van der Waals surface area contributed by atoms with E-state index in [9.17, 15) is 29.1 Å². The van der Waals surface area contributed by atoms with Gasteiger partial charge in [-0.25, -0.2) is 4.98 Å². The number of likely N-dealkylation sites (tertiary alicyclic amines) is 2. The van der Waals surface area contributed by atoms with Crippen LogP contribution in [0.4, 0.5) is 11.5 Å². The number of fused-ring (bicyclic) bond motifs is 1. The van der Waals surface area contributed by atoms with Crippen LogP contribution < -0.4 is 20.9 Å². The van der Waals surface area contributed by atoms with Gasteiger partial charge in [-0.05, 0) is 143 Å². The second-order valence-electron chi connectivity index (χ2n) is 22.2. The van der Waals surface area contributed by atoms with Crippen molar-refractivity contribution in [3.05, 3.63) is 83.3 Å². The van der Waals surface area contributed by atoms with E-state index in [1.165, 1.54) is 5.56 Å². The molecule has 4 atom stereocenters. The third kappa shape index (κ3) is 14.8. The second-order valence-corrected chi connectivity index (χ2v) is 22.2. The highest BCUT2D eigenvalue weighted by Crippen LogP contribution is 2.37. The van der Waals surface area contributed by atoms with Crippen LogP contribution in [0.25, 0.3) is 0 Å². The fourth-order valence-corrected chi connectivity index (χ4v) is 12.7. The molecule has 2 aliphatic carbocycles. The fourth-order valence-electron chi connectivity index (χ4n) is 12.7. The van der Waals surface area contributed by atoms with Gasteiger partial charge < -0.3 is 50.1 Å². The Bertz CT molecular complexity index is 2390. The van der Waals surface area contributed by atoms with Gasteiger partial charge in [-0.2, -0.15) is 0 Å². The van der Waals surface area contributed by atoms with Crippen molar-refractivity contribution in [2.45, 2.75) is 139 Å². The predicted molar refractivity (Wildman–Crippen MR) is 286 cm³/mol. The number of carbonyl (C=O) groups is 5. The molecule has 0 bridgehead atoms. The molecule has 4 N–H and O–H groups in total. The highest BCUT2D eigenvalue weighted by Gasteiger charge is 2.43. The number of carbonyl (C=O) groups excluding carboxylic acids is 4. The summed E-state index contributed by atoms with van der Waals surface area (Å²) < 4.78 is 12.3. The molecule has 4 amide bonds. The van der Waals surface area contributed by atoms with Gasteiger partial charge in [0.05, 0.1) is 37.2 Å². The molecule has 0 radical (unpaired) electrons. The van der Waals surface area contributed by atoms with Crippen molar-refractivity contribution in [2.24, 2.45) is 17.8 Å². The molecule has 9 rings (SSSR count). The molecule has 4 aliphatic heterocycles. The molecule has 3 aromatic rings. The summed E-state index contributed by atoms with van der Waals surface area (Å²) in [4.78, 5) is 81.9. The molecule has 75 heavy (non-hydrogen) atoms. The number of aryl methyl sites for hydroxylation is 2. The van der Waals surface area contributed by atoms with E-state index in [1.807, 2.05) is 17.0 Å². The zero-order valence-electron chi connectivity index (χ0n) is 44.2. The first-order valence-corrected chi connectivity index (χ1v) is 28.3. The molecule has 0 spiro atoms. The fraction of sp³-hybridized carbons (Fsp3) is 0.638. The number of carboxylic acid groups (broad SMARTS) is 1. The Morgan fingerprint density at radius 1 is 0.893 bits per heavy atom.